The Balaban J connectivity index is 1.60. The topological polar surface area (TPSA) is 43.8 Å². The first-order valence-corrected chi connectivity index (χ1v) is 8.46. The van der Waals surface area contributed by atoms with Crippen LogP contribution in [0.25, 0.3) is 0 Å². The van der Waals surface area contributed by atoms with Crippen LogP contribution in [0.2, 0.25) is 0 Å². The molecule has 1 aliphatic carbocycles. The van der Waals surface area contributed by atoms with E-state index >= 15 is 0 Å². The fraction of sp³-hybridized carbons (Fsp3) is 0.938. The van der Waals surface area contributed by atoms with Crippen LogP contribution >= 0.6 is 0 Å². The number of nitrogens with zero attached hydrogens (tertiary/aromatic N) is 2. The second-order valence-electron chi connectivity index (χ2n) is 7.35. The van der Waals surface area contributed by atoms with Crippen molar-refractivity contribution in [2.45, 2.75) is 63.1 Å². The number of hydrogen-bond donors (Lipinski definition) is 1. The van der Waals surface area contributed by atoms with Crippen LogP contribution in [0.4, 0.5) is 0 Å². The number of fused-ring (bicyclic) bond motifs is 3. The van der Waals surface area contributed by atoms with E-state index in [0.717, 1.165) is 12.3 Å². The first-order valence-electron chi connectivity index (χ1n) is 8.46. The number of hydrogen-bond acceptors (Lipinski definition) is 3. The summed E-state index contributed by atoms with van der Waals surface area (Å²) in [5.74, 6) is 0.815. The Morgan fingerprint density at radius 3 is 2.55 bits per heavy atom. The Kier molecular flexibility index (Phi) is 3.26. The van der Waals surface area contributed by atoms with E-state index < -0.39 is 5.97 Å². The molecule has 1 saturated carbocycles. The maximum atomic E-state index is 11.8. The van der Waals surface area contributed by atoms with Gasteiger partial charge in [-0.3, -0.25) is 9.69 Å². The first kappa shape index (κ1) is 13.1. The quantitative estimate of drug-likeness (QED) is 0.836. The summed E-state index contributed by atoms with van der Waals surface area (Å²) < 4.78 is 0. The number of piperidine rings is 1. The highest BCUT2D eigenvalue weighted by atomic mass is 16.4. The average Bonchev–Trinajstić information content (AvgIpc) is 3.02. The lowest BCUT2D eigenvalue weighted by Crippen LogP contribution is -2.54. The third kappa shape index (κ3) is 2.00. The van der Waals surface area contributed by atoms with E-state index in [-0.39, 0.29) is 6.04 Å². The lowest BCUT2D eigenvalue weighted by molar-refractivity contribution is -0.144. The van der Waals surface area contributed by atoms with Crippen LogP contribution in [-0.4, -0.2) is 58.6 Å². The summed E-state index contributed by atoms with van der Waals surface area (Å²) >= 11 is 0. The lowest BCUT2D eigenvalue weighted by atomic mass is 9.83. The zero-order valence-corrected chi connectivity index (χ0v) is 12.2. The zero-order valence-electron chi connectivity index (χ0n) is 12.2. The van der Waals surface area contributed by atoms with E-state index in [9.17, 15) is 9.90 Å². The number of rotatable bonds is 2. The molecule has 4 rings (SSSR count). The molecule has 4 aliphatic rings. The van der Waals surface area contributed by atoms with Crippen LogP contribution in [0.1, 0.15) is 44.9 Å². The Labute approximate surface area is 121 Å². The number of carboxylic acid groups (broad SMARTS) is 1. The summed E-state index contributed by atoms with van der Waals surface area (Å²) in [6.07, 6.45) is 8.49. The van der Waals surface area contributed by atoms with Crippen molar-refractivity contribution < 1.29 is 9.90 Å². The van der Waals surface area contributed by atoms with Gasteiger partial charge in [0, 0.05) is 18.6 Å². The van der Waals surface area contributed by atoms with Crippen molar-refractivity contribution >= 4 is 5.97 Å². The maximum Gasteiger partial charge on any atom is 0.320 e. The number of carboxylic acids is 1. The third-order valence-electron chi connectivity index (χ3n) is 6.40. The van der Waals surface area contributed by atoms with Crippen LogP contribution in [-0.2, 0) is 4.79 Å². The zero-order chi connectivity index (χ0) is 13.7. The molecule has 4 fully saturated rings. The van der Waals surface area contributed by atoms with Gasteiger partial charge in [0.15, 0.2) is 0 Å². The number of aliphatic carboxylic acids is 1. The molecule has 0 aromatic carbocycles. The molecular weight excluding hydrogens is 252 g/mol. The Morgan fingerprint density at radius 1 is 0.950 bits per heavy atom. The molecule has 6 atom stereocenters. The van der Waals surface area contributed by atoms with E-state index in [1.807, 2.05) is 0 Å². The molecule has 2 bridgehead atoms. The van der Waals surface area contributed by atoms with Crippen LogP contribution < -0.4 is 0 Å². The Morgan fingerprint density at radius 2 is 1.70 bits per heavy atom. The molecule has 0 amide bonds. The van der Waals surface area contributed by atoms with Crippen LogP contribution in [0.15, 0.2) is 0 Å². The standard InChI is InChI=1S/C16H26N2O2/c19-16(20)15-9-11-3-1-2-4-13(11)18(15)14-6-8-17-7-5-12(14)10-17/h11-15H,1-10H2,(H,19,20). The van der Waals surface area contributed by atoms with Crippen molar-refractivity contribution in [2.24, 2.45) is 11.8 Å². The summed E-state index contributed by atoms with van der Waals surface area (Å²) in [5.41, 5.74) is 0. The van der Waals surface area contributed by atoms with E-state index in [0.29, 0.717) is 18.0 Å². The van der Waals surface area contributed by atoms with Crippen LogP contribution in [0.3, 0.4) is 0 Å². The molecule has 6 unspecified atom stereocenters. The number of likely N-dealkylation sites (tertiary alicyclic amines) is 1. The Hall–Kier alpha value is -0.610. The molecule has 0 aromatic rings. The summed E-state index contributed by atoms with van der Waals surface area (Å²) in [7, 11) is 0. The average molecular weight is 278 g/mol. The molecule has 0 spiro atoms. The van der Waals surface area contributed by atoms with Crippen molar-refractivity contribution in [1.29, 1.82) is 0 Å². The molecule has 3 saturated heterocycles. The molecule has 112 valence electrons. The lowest BCUT2D eigenvalue weighted by Gasteiger charge is -2.43. The van der Waals surface area contributed by atoms with Gasteiger partial charge in [-0.15, -0.1) is 0 Å². The monoisotopic (exact) mass is 278 g/mol. The highest BCUT2D eigenvalue weighted by molar-refractivity contribution is 5.74. The highest BCUT2D eigenvalue weighted by Crippen LogP contribution is 2.44. The number of carbonyl (C=O) groups is 1. The predicted octanol–water partition coefficient (Wildman–Crippen LogP) is 1.80. The van der Waals surface area contributed by atoms with Gasteiger partial charge < -0.3 is 10.0 Å². The van der Waals surface area contributed by atoms with Gasteiger partial charge in [-0.1, -0.05) is 12.8 Å². The minimum absolute atomic E-state index is 0.194. The van der Waals surface area contributed by atoms with Crippen LogP contribution in [0.5, 0.6) is 0 Å². The first-order chi connectivity index (χ1) is 9.74. The molecule has 3 aliphatic heterocycles. The van der Waals surface area contributed by atoms with Gasteiger partial charge in [-0.05, 0) is 57.0 Å². The summed E-state index contributed by atoms with van der Waals surface area (Å²) in [4.78, 5) is 16.8. The largest absolute Gasteiger partial charge is 0.480 e. The molecule has 3 heterocycles. The van der Waals surface area contributed by atoms with E-state index in [1.165, 1.54) is 58.2 Å². The Bertz CT molecular complexity index is 400. The van der Waals surface area contributed by atoms with Crippen molar-refractivity contribution in [1.82, 2.24) is 9.80 Å². The maximum absolute atomic E-state index is 11.8. The van der Waals surface area contributed by atoms with Crippen LogP contribution in [0, 0.1) is 11.8 Å². The van der Waals surface area contributed by atoms with Gasteiger partial charge in [0.05, 0.1) is 0 Å². The molecular formula is C16H26N2O2. The summed E-state index contributed by atoms with van der Waals surface area (Å²) in [6.45, 7) is 3.63. The van der Waals surface area contributed by atoms with E-state index in [2.05, 4.69) is 9.80 Å². The van der Waals surface area contributed by atoms with Gasteiger partial charge in [0.25, 0.3) is 0 Å². The molecule has 4 nitrogen and oxygen atoms in total. The van der Waals surface area contributed by atoms with Gasteiger partial charge in [0.1, 0.15) is 6.04 Å². The SMILES string of the molecule is O=C(O)C1CC2CCCCC2N1C1CCN2CCC1C2. The third-order valence-corrected chi connectivity index (χ3v) is 6.40. The molecule has 20 heavy (non-hydrogen) atoms. The molecule has 1 N–H and O–H groups in total. The second-order valence-corrected chi connectivity index (χ2v) is 7.35. The van der Waals surface area contributed by atoms with Crippen molar-refractivity contribution in [3.63, 3.8) is 0 Å². The van der Waals surface area contributed by atoms with E-state index in [1.54, 1.807) is 0 Å². The minimum atomic E-state index is -0.570. The second kappa shape index (κ2) is 4.99. The summed E-state index contributed by atoms with van der Waals surface area (Å²) in [6, 6.07) is 0.921. The molecule has 0 radical (unpaired) electrons. The fourth-order valence-corrected chi connectivity index (χ4v) is 5.52. The van der Waals surface area contributed by atoms with Gasteiger partial charge in [-0.2, -0.15) is 0 Å². The molecule has 4 heteroatoms. The minimum Gasteiger partial charge on any atom is -0.480 e. The van der Waals surface area contributed by atoms with E-state index in [4.69, 9.17) is 0 Å². The predicted molar refractivity (Wildman–Crippen MR) is 76.6 cm³/mol. The smallest absolute Gasteiger partial charge is 0.320 e. The van der Waals surface area contributed by atoms with Crippen molar-refractivity contribution in [3.8, 4) is 0 Å². The van der Waals surface area contributed by atoms with Gasteiger partial charge in [0.2, 0.25) is 0 Å². The highest BCUT2D eigenvalue weighted by Gasteiger charge is 2.51. The van der Waals surface area contributed by atoms with Gasteiger partial charge >= 0.3 is 5.97 Å². The van der Waals surface area contributed by atoms with Gasteiger partial charge in [-0.25, -0.2) is 0 Å². The normalized spacial score (nSPS) is 48.2. The molecule has 0 aromatic heterocycles. The van der Waals surface area contributed by atoms with Crippen molar-refractivity contribution in [3.05, 3.63) is 0 Å². The summed E-state index contributed by atoms with van der Waals surface area (Å²) in [5, 5.41) is 9.68. The van der Waals surface area contributed by atoms with Crippen molar-refractivity contribution in [2.75, 3.05) is 19.6 Å². The fourth-order valence-electron chi connectivity index (χ4n) is 5.52.